The fraction of sp³-hybridized carbons (Fsp3) is 0.227. The van der Waals surface area contributed by atoms with Gasteiger partial charge in [-0.3, -0.25) is 18.7 Å². The van der Waals surface area contributed by atoms with Crippen molar-refractivity contribution in [3.05, 3.63) is 86.6 Å². The molecule has 1 heterocycles. The molecule has 0 radical (unpaired) electrons. The van der Waals surface area contributed by atoms with Gasteiger partial charge in [0.2, 0.25) is 0 Å². The molecule has 0 amide bonds. The molecule has 0 spiro atoms. The van der Waals surface area contributed by atoms with Crippen LogP contribution in [0.15, 0.2) is 69.1 Å². The first-order valence-electron chi connectivity index (χ1n) is 9.80. The van der Waals surface area contributed by atoms with E-state index in [9.17, 15) is 23.2 Å². The van der Waals surface area contributed by atoms with E-state index in [-0.39, 0.29) is 31.0 Å². The van der Waals surface area contributed by atoms with Crippen LogP contribution in [0.3, 0.4) is 0 Å². The number of halogens is 2. The van der Waals surface area contributed by atoms with Gasteiger partial charge in [-0.25, -0.2) is 4.79 Å². The van der Waals surface area contributed by atoms with Gasteiger partial charge in [-0.2, -0.15) is 8.78 Å². The molecule has 0 saturated carbocycles. The summed E-state index contributed by atoms with van der Waals surface area (Å²) in [6.45, 7) is 1.58. The van der Waals surface area contributed by atoms with Crippen LogP contribution in [-0.2, 0) is 13.1 Å². The number of nitrogens with zero attached hydrogens (tertiary/aromatic N) is 2. The maximum Gasteiger partial charge on any atom is 0.332 e. The average Bonchev–Trinajstić information content (AvgIpc) is 2.77. The number of hydrogen-bond donors (Lipinski definition) is 2. The highest BCUT2D eigenvalue weighted by Crippen LogP contribution is 2.26. The number of thioether (sulfide) groups is 1. The van der Waals surface area contributed by atoms with Gasteiger partial charge in [-0.05, 0) is 36.8 Å². The van der Waals surface area contributed by atoms with Gasteiger partial charge in [-0.1, -0.05) is 42.1 Å². The van der Waals surface area contributed by atoms with E-state index in [0.29, 0.717) is 22.3 Å². The first-order chi connectivity index (χ1) is 15.3. The second-order valence-corrected chi connectivity index (χ2v) is 7.91. The summed E-state index contributed by atoms with van der Waals surface area (Å²) in [6.07, 6.45) is 0. The van der Waals surface area contributed by atoms with Crippen molar-refractivity contribution < 1.29 is 13.6 Å². The SMILES string of the molecule is CCn1c(=O)c(C(=O)CNc2ccc(SC(F)F)cc2)c(N)n(Cc2ccccc2)c1=O. The van der Waals surface area contributed by atoms with Gasteiger partial charge in [-0.15, -0.1) is 0 Å². The van der Waals surface area contributed by atoms with Crippen molar-refractivity contribution in [1.82, 2.24) is 9.13 Å². The van der Waals surface area contributed by atoms with Crippen molar-refractivity contribution in [2.75, 3.05) is 17.6 Å². The third-order valence-electron chi connectivity index (χ3n) is 4.78. The molecule has 3 aromatic rings. The Balaban J connectivity index is 1.87. The fourth-order valence-corrected chi connectivity index (χ4v) is 3.70. The summed E-state index contributed by atoms with van der Waals surface area (Å²) in [5, 5.41) is 2.86. The van der Waals surface area contributed by atoms with Crippen LogP contribution >= 0.6 is 11.8 Å². The zero-order valence-corrected chi connectivity index (χ0v) is 18.1. The lowest BCUT2D eigenvalue weighted by Gasteiger charge is -2.16. The Morgan fingerprint density at radius 2 is 1.72 bits per heavy atom. The quantitative estimate of drug-likeness (QED) is 0.376. The van der Waals surface area contributed by atoms with Crippen molar-refractivity contribution in [1.29, 1.82) is 0 Å². The van der Waals surface area contributed by atoms with Crippen LogP contribution in [0.1, 0.15) is 22.8 Å². The fourth-order valence-electron chi connectivity index (χ4n) is 3.20. The molecule has 7 nitrogen and oxygen atoms in total. The molecule has 168 valence electrons. The Morgan fingerprint density at radius 3 is 2.31 bits per heavy atom. The molecule has 0 aliphatic heterocycles. The number of alkyl halides is 2. The summed E-state index contributed by atoms with van der Waals surface area (Å²) in [6, 6.07) is 15.2. The van der Waals surface area contributed by atoms with Gasteiger partial charge in [0.25, 0.3) is 11.3 Å². The highest BCUT2D eigenvalue weighted by Gasteiger charge is 2.22. The predicted octanol–water partition coefficient (Wildman–Crippen LogP) is 3.27. The molecular formula is C22H22F2N4O3S. The molecule has 32 heavy (non-hydrogen) atoms. The van der Waals surface area contributed by atoms with Crippen molar-refractivity contribution in [2.45, 2.75) is 30.7 Å². The van der Waals surface area contributed by atoms with Crippen LogP contribution in [0.5, 0.6) is 0 Å². The Kier molecular flexibility index (Phi) is 7.47. The third-order valence-corrected chi connectivity index (χ3v) is 5.50. The molecule has 2 aromatic carbocycles. The number of ketones is 1. The number of nitrogens with two attached hydrogens (primary N) is 1. The average molecular weight is 461 g/mol. The van der Waals surface area contributed by atoms with Gasteiger partial charge in [0, 0.05) is 17.1 Å². The van der Waals surface area contributed by atoms with Gasteiger partial charge in [0.05, 0.1) is 13.1 Å². The van der Waals surface area contributed by atoms with E-state index in [0.717, 1.165) is 10.1 Å². The zero-order valence-electron chi connectivity index (χ0n) is 17.3. The van der Waals surface area contributed by atoms with E-state index in [1.54, 1.807) is 19.1 Å². The van der Waals surface area contributed by atoms with Crippen LogP contribution in [0, 0.1) is 0 Å². The Bertz CT molecular complexity index is 1210. The number of nitrogen functional groups attached to an aromatic ring is 1. The number of rotatable bonds is 9. The Hall–Kier alpha value is -3.40. The Labute approximate surface area is 186 Å². The highest BCUT2D eigenvalue weighted by atomic mass is 32.2. The number of carbonyl (C=O) groups excluding carboxylic acids is 1. The van der Waals surface area contributed by atoms with E-state index in [4.69, 9.17) is 5.73 Å². The summed E-state index contributed by atoms with van der Waals surface area (Å²) < 4.78 is 27.1. The topological polar surface area (TPSA) is 99.1 Å². The summed E-state index contributed by atoms with van der Waals surface area (Å²) in [7, 11) is 0. The molecule has 0 aliphatic rings. The van der Waals surface area contributed by atoms with Crippen LogP contribution in [0.2, 0.25) is 0 Å². The number of Topliss-reactive ketones (excluding diaryl/α,β-unsaturated/α-hetero) is 1. The zero-order chi connectivity index (χ0) is 23.3. The van der Waals surface area contributed by atoms with E-state index in [1.165, 1.54) is 16.7 Å². The maximum absolute atomic E-state index is 12.9. The van der Waals surface area contributed by atoms with Crippen molar-refractivity contribution in [2.24, 2.45) is 0 Å². The number of aromatic nitrogens is 2. The van der Waals surface area contributed by atoms with E-state index < -0.39 is 22.8 Å². The largest absolute Gasteiger partial charge is 0.384 e. The standard InChI is InChI=1S/C22H22F2N4O3S/c1-2-27-20(30)18(19(25)28(22(27)31)13-14-6-4-3-5-7-14)17(29)12-26-15-8-10-16(11-9-15)32-21(23)24/h3-11,21,26H,2,12-13,25H2,1H3. The van der Waals surface area contributed by atoms with Gasteiger partial charge >= 0.3 is 5.69 Å². The normalized spacial score (nSPS) is 11.0. The number of carbonyl (C=O) groups is 1. The van der Waals surface area contributed by atoms with Gasteiger partial charge < -0.3 is 11.1 Å². The number of anilines is 2. The van der Waals surface area contributed by atoms with Crippen LogP contribution < -0.4 is 22.3 Å². The van der Waals surface area contributed by atoms with Crippen molar-refractivity contribution >= 4 is 29.1 Å². The van der Waals surface area contributed by atoms with E-state index in [1.807, 2.05) is 30.3 Å². The lowest BCUT2D eigenvalue weighted by atomic mass is 10.1. The molecule has 0 fully saturated rings. The molecule has 0 atom stereocenters. The molecule has 0 aliphatic carbocycles. The molecule has 3 rings (SSSR count). The molecule has 1 aromatic heterocycles. The molecule has 0 saturated heterocycles. The highest BCUT2D eigenvalue weighted by molar-refractivity contribution is 7.99. The Morgan fingerprint density at radius 1 is 1.06 bits per heavy atom. The second kappa shape index (κ2) is 10.3. The van der Waals surface area contributed by atoms with Gasteiger partial charge in [0.1, 0.15) is 11.4 Å². The first kappa shape index (κ1) is 23.3. The second-order valence-electron chi connectivity index (χ2n) is 6.84. The lowest BCUT2D eigenvalue weighted by Crippen LogP contribution is -2.44. The summed E-state index contributed by atoms with van der Waals surface area (Å²) in [4.78, 5) is 38.8. The van der Waals surface area contributed by atoms with E-state index in [2.05, 4.69) is 5.32 Å². The number of nitrogens with one attached hydrogen (secondary N) is 1. The minimum absolute atomic E-state index is 0.0870. The maximum atomic E-state index is 12.9. The number of benzene rings is 2. The molecular weight excluding hydrogens is 438 g/mol. The van der Waals surface area contributed by atoms with Crippen molar-refractivity contribution in [3.63, 3.8) is 0 Å². The number of hydrogen-bond acceptors (Lipinski definition) is 6. The molecule has 3 N–H and O–H groups in total. The summed E-state index contributed by atoms with van der Waals surface area (Å²) in [5.41, 5.74) is 5.84. The van der Waals surface area contributed by atoms with Crippen molar-refractivity contribution in [3.8, 4) is 0 Å². The first-order valence-corrected chi connectivity index (χ1v) is 10.7. The minimum Gasteiger partial charge on any atom is -0.384 e. The molecule has 0 bridgehead atoms. The van der Waals surface area contributed by atoms with Gasteiger partial charge in [0.15, 0.2) is 5.78 Å². The predicted molar refractivity (Wildman–Crippen MR) is 122 cm³/mol. The third kappa shape index (κ3) is 5.25. The monoisotopic (exact) mass is 460 g/mol. The minimum atomic E-state index is -2.52. The van der Waals surface area contributed by atoms with Crippen LogP contribution in [0.4, 0.5) is 20.3 Å². The summed E-state index contributed by atoms with van der Waals surface area (Å²) >= 11 is 0.419. The molecule has 0 unspecified atom stereocenters. The smallest absolute Gasteiger partial charge is 0.332 e. The molecule has 10 heteroatoms. The van der Waals surface area contributed by atoms with Crippen LogP contribution in [-0.4, -0.2) is 27.2 Å². The lowest BCUT2D eigenvalue weighted by molar-refractivity contribution is 0.100. The van der Waals surface area contributed by atoms with Crippen LogP contribution in [0.25, 0.3) is 0 Å². The summed E-state index contributed by atoms with van der Waals surface area (Å²) in [5.74, 6) is -3.29. The van der Waals surface area contributed by atoms with E-state index >= 15 is 0 Å².